The first-order valence-electron chi connectivity index (χ1n) is 7.20. The molecule has 0 atom stereocenters. The van der Waals surface area contributed by atoms with Crippen LogP contribution in [0.4, 0.5) is 5.69 Å². The number of aliphatic hydroxyl groups excluding tert-OH is 1. The van der Waals surface area contributed by atoms with Crippen molar-refractivity contribution in [1.82, 2.24) is 5.32 Å². The molecule has 0 unspecified atom stereocenters. The molecule has 0 spiro atoms. The van der Waals surface area contributed by atoms with Crippen LogP contribution in [-0.4, -0.2) is 36.2 Å². The van der Waals surface area contributed by atoms with E-state index in [0.29, 0.717) is 17.6 Å². The number of benzene rings is 1. The monoisotopic (exact) mass is 277 g/mol. The van der Waals surface area contributed by atoms with E-state index in [0.717, 1.165) is 31.4 Å². The highest BCUT2D eigenvalue weighted by molar-refractivity contribution is 5.94. The van der Waals surface area contributed by atoms with Gasteiger partial charge in [-0.2, -0.15) is 0 Å². The summed E-state index contributed by atoms with van der Waals surface area (Å²) in [4.78, 5) is 11.7. The molecule has 1 fully saturated rings. The first kappa shape index (κ1) is 14.8. The van der Waals surface area contributed by atoms with Crippen molar-refractivity contribution < 1.29 is 9.90 Å². The average molecular weight is 277 g/mol. The molecular weight excluding hydrogens is 254 g/mol. The summed E-state index contributed by atoms with van der Waals surface area (Å²) in [6, 6.07) is 8.26. The molecule has 1 aromatic rings. The molecule has 5 N–H and O–H groups in total. The molecule has 1 aliphatic rings. The quantitative estimate of drug-likeness (QED) is 0.649. The lowest BCUT2D eigenvalue weighted by atomic mass is 9.91. The first-order chi connectivity index (χ1) is 9.69. The normalized spacial score (nSPS) is 22.3. The number of rotatable bonds is 5. The van der Waals surface area contributed by atoms with Crippen LogP contribution < -0.4 is 16.4 Å². The maximum Gasteiger partial charge on any atom is 0.251 e. The summed E-state index contributed by atoms with van der Waals surface area (Å²) in [5.41, 5.74) is 7.53. The number of carbonyl (C=O) groups is 1. The maximum absolute atomic E-state index is 11.7. The van der Waals surface area contributed by atoms with E-state index in [-0.39, 0.29) is 19.1 Å². The van der Waals surface area contributed by atoms with Crippen molar-refractivity contribution in [3.63, 3.8) is 0 Å². The Morgan fingerprint density at radius 3 is 2.45 bits per heavy atom. The van der Waals surface area contributed by atoms with Crippen LogP contribution in [-0.2, 0) is 0 Å². The number of hydrogen-bond acceptors (Lipinski definition) is 4. The molecule has 1 aliphatic carbocycles. The molecule has 0 saturated heterocycles. The summed E-state index contributed by atoms with van der Waals surface area (Å²) >= 11 is 0. The largest absolute Gasteiger partial charge is 0.395 e. The average Bonchev–Trinajstić information content (AvgIpc) is 2.48. The number of amides is 1. The standard InChI is InChI=1S/C15H23N3O2/c16-12-3-7-14(8-4-12)18-13-5-1-11(2-6-13)15(20)17-9-10-19/h1-2,5-6,12,14,18-19H,3-4,7-10,16H2,(H,17,20). The second-order valence-electron chi connectivity index (χ2n) is 5.31. The van der Waals surface area contributed by atoms with Gasteiger partial charge in [-0.25, -0.2) is 0 Å². The van der Waals surface area contributed by atoms with E-state index in [1.54, 1.807) is 12.1 Å². The van der Waals surface area contributed by atoms with Crippen molar-refractivity contribution in [3.8, 4) is 0 Å². The van der Waals surface area contributed by atoms with Gasteiger partial charge in [0.2, 0.25) is 0 Å². The van der Waals surface area contributed by atoms with Gasteiger partial charge in [0.25, 0.3) is 5.91 Å². The number of nitrogens with one attached hydrogen (secondary N) is 2. The van der Waals surface area contributed by atoms with Crippen LogP contribution in [0.25, 0.3) is 0 Å². The molecule has 0 heterocycles. The number of anilines is 1. The summed E-state index contributed by atoms with van der Waals surface area (Å²) in [6.07, 6.45) is 4.33. The lowest BCUT2D eigenvalue weighted by Gasteiger charge is -2.27. The van der Waals surface area contributed by atoms with Crippen molar-refractivity contribution in [1.29, 1.82) is 0 Å². The Kier molecular flexibility index (Phi) is 5.38. The fourth-order valence-electron chi connectivity index (χ4n) is 2.49. The van der Waals surface area contributed by atoms with Crippen LogP contribution in [0.1, 0.15) is 36.0 Å². The number of nitrogens with two attached hydrogens (primary N) is 1. The molecule has 20 heavy (non-hydrogen) atoms. The summed E-state index contributed by atoms with van der Waals surface area (Å²) in [7, 11) is 0. The highest BCUT2D eigenvalue weighted by atomic mass is 16.3. The van der Waals surface area contributed by atoms with Gasteiger partial charge < -0.3 is 21.5 Å². The highest BCUT2D eigenvalue weighted by Crippen LogP contribution is 2.21. The third kappa shape index (κ3) is 4.21. The second kappa shape index (κ2) is 7.26. The number of carbonyl (C=O) groups excluding carboxylic acids is 1. The Morgan fingerprint density at radius 2 is 1.85 bits per heavy atom. The molecule has 0 aromatic heterocycles. The first-order valence-corrected chi connectivity index (χ1v) is 7.20. The molecular formula is C15H23N3O2. The fourth-order valence-corrected chi connectivity index (χ4v) is 2.49. The van der Waals surface area contributed by atoms with Crippen molar-refractivity contribution in [2.75, 3.05) is 18.5 Å². The third-order valence-corrected chi connectivity index (χ3v) is 3.69. The Bertz CT molecular complexity index is 425. The smallest absolute Gasteiger partial charge is 0.251 e. The van der Waals surface area contributed by atoms with Crippen LogP contribution >= 0.6 is 0 Å². The second-order valence-corrected chi connectivity index (χ2v) is 5.31. The summed E-state index contributed by atoms with van der Waals surface area (Å²) in [5, 5.41) is 14.8. The van der Waals surface area contributed by atoms with Crippen LogP contribution in [0.2, 0.25) is 0 Å². The van der Waals surface area contributed by atoms with Crippen molar-refractivity contribution in [3.05, 3.63) is 29.8 Å². The Balaban J connectivity index is 1.86. The predicted molar refractivity (Wildman–Crippen MR) is 79.7 cm³/mol. The summed E-state index contributed by atoms with van der Waals surface area (Å²) < 4.78 is 0. The molecule has 2 rings (SSSR count). The van der Waals surface area contributed by atoms with Gasteiger partial charge in [-0.3, -0.25) is 4.79 Å². The lowest BCUT2D eigenvalue weighted by Crippen LogP contribution is -2.32. The third-order valence-electron chi connectivity index (χ3n) is 3.69. The zero-order valence-corrected chi connectivity index (χ0v) is 11.6. The molecule has 1 aromatic carbocycles. The van der Waals surface area contributed by atoms with Gasteiger partial charge in [0.05, 0.1) is 6.61 Å². The predicted octanol–water partition coefficient (Wildman–Crippen LogP) is 1.09. The number of hydrogen-bond donors (Lipinski definition) is 4. The van der Waals surface area contributed by atoms with Gasteiger partial charge in [0, 0.05) is 29.9 Å². The zero-order valence-electron chi connectivity index (χ0n) is 11.6. The lowest BCUT2D eigenvalue weighted by molar-refractivity contribution is 0.0945. The van der Waals surface area contributed by atoms with E-state index in [9.17, 15) is 4.79 Å². The topological polar surface area (TPSA) is 87.4 Å². The summed E-state index contributed by atoms with van der Waals surface area (Å²) in [5.74, 6) is -0.158. The molecule has 1 amide bonds. The van der Waals surface area contributed by atoms with Gasteiger partial charge in [-0.15, -0.1) is 0 Å². The highest BCUT2D eigenvalue weighted by Gasteiger charge is 2.18. The molecule has 0 aliphatic heterocycles. The van der Waals surface area contributed by atoms with Crippen molar-refractivity contribution in [2.24, 2.45) is 5.73 Å². The van der Waals surface area contributed by atoms with E-state index in [4.69, 9.17) is 10.8 Å². The molecule has 110 valence electrons. The van der Waals surface area contributed by atoms with E-state index < -0.39 is 0 Å². The van der Waals surface area contributed by atoms with Gasteiger partial charge in [0.15, 0.2) is 0 Å². The minimum atomic E-state index is -0.158. The van der Waals surface area contributed by atoms with Crippen LogP contribution in [0.5, 0.6) is 0 Å². The number of aliphatic hydroxyl groups is 1. The fraction of sp³-hybridized carbons (Fsp3) is 0.533. The Morgan fingerprint density at radius 1 is 1.20 bits per heavy atom. The zero-order chi connectivity index (χ0) is 14.4. The summed E-state index contributed by atoms with van der Waals surface area (Å²) in [6.45, 7) is 0.233. The van der Waals surface area contributed by atoms with E-state index in [1.165, 1.54) is 0 Å². The van der Waals surface area contributed by atoms with Crippen molar-refractivity contribution >= 4 is 11.6 Å². The van der Waals surface area contributed by atoms with Crippen molar-refractivity contribution in [2.45, 2.75) is 37.8 Å². The minimum absolute atomic E-state index is 0.0464. The van der Waals surface area contributed by atoms with Crippen LogP contribution in [0.15, 0.2) is 24.3 Å². The Labute approximate surface area is 119 Å². The molecule has 1 saturated carbocycles. The SMILES string of the molecule is NC1CCC(Nc2ccc(C(=O)NCCO)cc2)CC1. The molecule has 0 bridgehead atoms. The van der Waals surface area contributed by atoms with Gasteiger partial charge in [-0.1, -0.05) is 0 Å². The van der Waals surface area contributed by atoms with Gasteiger partial charge in [0.1, 0.15) is 0 Å². The molecule has 5 heteroatoms. The van der Waals surface area contributed by atoms with Gasteiger partial charge >= 0.3 is 0 Å². The Hall–Kier alpha value is -1.59. The van der Waals surface area contributed by atoms with Gasteiger partial charge in [-0.05, 0) is 49.9 Å². The van der Waals surface area contributed by atoms with E-state index in [1.807, 2.05) is 12.1 Å². The van der Waals surface area contributed by atoms with Crippen LogP contribution in [0.3, 0.4) is 0 Å². The van der Waals surface area contributed by atoms with E-state index in [2.05, 4.69) is 10.6 Å². The minimum Gasteiger partial charge on any atom is -0.395 e. The molecule has 0 radical (unpaired) electrons. The maximum atomic E-state index is 11.7. The van der Waals surface area contributed by atoms with E-state index >= 15 is 0 Å². The van der Waals surface area contributed by atoms with Crippen LogP contribution in [0, 0.1) is 0 Å². The molecule has 5 nitrogen and oxygen atoms in total.